The van der Waals surface area contributed by atoms with E-state index in [1.54, 1.807) is 18.0 Å². The lowest BCUT2D eigenvalue weighted by Gasteiger charge is -2.29. The van der Waals surface area contributed by atoms with E-state index in [0.29, 0.717) is 19.5 Å². The summed E-state index contributed by atoms with van der Waals surface area (Å²) in [6.07, 6.45) is 0.412. The predicted octanol–water partition coefficient (Wildman–Crippen LogP) is 0.949. The van der Waals surface area contributed by atoms with Gasteiger partial charge in [-0.15, -0.1) is 0 Å². The van der Waals surface area contributed by atoms with Crippen molar-refractivity contribution < 1.29 is 9.59 Å². The van der Waals surface area contributed by atoms with Gasteiger partial charge in [0.15, 0.2) is 0 Å². The van der Waals surface area contributed by atoms with Crippen LogP contribution in [0.5, 0.6) is 0 Å². The molecule has 2 N–H and O–H groups in total. The van der Waals surface area contributed by atoms with E-state index in [1.165, 1.54) is 9.47 Å². The summed E-state index contributed by atoms with van der Waals surface area (Å²) in [7, 11) is 1.65. The Hall–Kier alpha value is -2.67. The smallest absolute Gasteiger partial charge is 0.263 e. The van der Waals surface area contributed by atoms with E-state index in [-0.39, 0.29) is 29.6 Å². The number of fused-ring (bicyclic) bond motifs is 1. The quantitative estimate of drug-likeness (QED) is 0.868. The average Bonchev–Trinajstić information content (AvgIpc) is 3.06. The molecule has 1 fully saturated rings. The summed E-state index contributed by atoms with van der Waals surface area (Å²) in [6.45, 7) is 5.22. The predicted molar refractivity (Wildman–Crippen MR) is 105 cm³/mol. The van der Waals surface area contributed by atoms with Crippen LogP contribution in [0.2, 0.25) is 0 Å². The Balaban J connectivity index is 2.01. The van der Waals surface area contributed by atoms with Crippen LogP contribution in [-0.4, -0.2) is 57.9 Å². The highest BCUT2D eigenvalue weighted by atomic mass is 16.2. The third-order valence-corrected chi connectivity index (χ3v) is 5.32. The van der Waals surface area contributed by atoms with Gasteiger partial charge in [0.1, 0.15) is 11.6 Å². The maximum absolute atomic E-state index is 13.2. The number of benzene rings is 1. The van der Waals surface area contributed by atoms with Crippen LogP contribution in [0.25, 0.3) is 10.9 Å². The van der Waals surface area contributed by atoms with Gasteiger partial charge in [0.25, 0.3) is 11.5 Å². The van der Waals surface area contributed by atoms with Gasteiger partial charge in [-0.3, -0.25) is 14.4 Å². The number of aryl methyl sites for hydroxylation is 1. The molecule has 0 aliphatic carbocycles. The lowest BCUT2D eigenvalue weighted by molar-refractivity contribution is -0.134. The minimum Gasteiger partial charge on any atom is -0.341 e. The number of para-hydroxylation sites is 1. The summed E-state index contributed by atoms with van der Waals surface area (Å²) < 4.78 is 1.47. The standard InChI is InChI=1S/C20H26N4O3/c1-4-23(5-2)20(27)17-11-14(21)12-24(17)19(26)15-10-13-8-6-7-9-16(13)22(3)18(15)25/h6-10,14,17H,4-5,11-12,21H2,1-3H3/t14-,17+/m1/s1. The average molecular weight is 370 g/mol. The van der Waals surface area contributed by atoms with E-state index >= 15 is 0 Å². The molecule has 7 heteroatoms. The van der Waals surface area contributed by atoms with Crippen molar-refractivity contribution in [3.63, 3.8) is 0 Å². The summed E-state index contributed by atoms with van der Waals surface area (Å²) in [6, 6.07) is 8.12. The van der Waals surface area contributed by atoms with Crippen LogP contribution < -0.4 is 11.3 Å². The van der Waals surface area contributed by atoms with Gasteiger partial charge in [-0.05, 0) is 37.8 Å². The summed E-state index contributed by atoms with van der Waals surface area (Å²) in [5.74, 6) is -0.543. The van der Waals surface area contributed by atoms with Crippen molar-refractivity contribution in [2.75, 3.05) is 19.6 Å². The Bertz CT molecular complexity index is 932. The van der Waals surface area contributed by atoms with Crippen LogP contribution in [0, 0.1) is 0 Å². The first kappa shape index (κ1) is 19.1. The van der Waals surface area contributed by atoms with Crippen LogP contribution in [-0.2, 0) is 11.8 Å². The topological polar surface area (TPSA) is 88.6 Å². The second-order valence-corrected chi connectivity index (χ2v) is 6.96. The van der Waals surface area contributed by atoms with Gasteiger partial charge < -0.3 is 20.1 Å². The molecule has 1 aromatic carbocycles. The van der Waals surface area contributed by atoms with Crippen LogP contribution in [0.1, 0.15) is 30.6 Å². The highest BCUT2D eigenvalue weighted by molar-refractivity contribution is 6.00. The lowest BCUT2D eigenvalue weighted by atomic mass is 10.1. The van der Waals surface area contributed by atoms with E-state index in [1.807, 2.05) is 38.1 Å². The number of carbonyl (C=O) groups excluding carboxylic acids is 2. The molecule has 1 aliphatic rings. The Kier molecular flexibility index (Phi) is 5.32. The minimum absolute atomic E-state index is 0.0719. The van der Waals surface area contributed by atoms with Crippen molar-refractivity contribution in [1.29, 1.82) is 0 Å². The zero-order valence-electron chi connectivity index (χ0n) is 16.0. The molecule has 0 spiro atoms. The second kappa shape index (κ2) is 7.52. The van der Waals surface area contributed by atoms with Crippen molar-refractivity contribution in [2.45, 2.75) is 32.4 Å². The molecule has 2 atom stereocenters. The largest absolute Gasteiger partial charge is 0.341 e. The van der Waals surface area contributed by atoms with Crippen LogP contribution in [0.4, 0.5) is 0 Å². The van der Waals surface area contributed by atoms with Crippen molar-refractivity contribution in [1.82, 2.24) is 14.4 Å². The van der Waals surface area contributed by atoms with Gasteiger partial charge >= 0.3 is 0 Å². The van der Waals surface area contributed by atoms with Crippen molar-refractivity contribution in [2.24, 2.45) is 12.8 Å². The first-order chi connectivity index (χ1) is 12.9. The molecule has 0 bridgehead atoms. The highest BCUT2D eigenvalue weighted by Gasteiger charge is 2.40. The zero-order chi connectivity index (χ0) is 19.7. The third kappa shape index (κ3) is 3.35. The Morgan fingerprint density at radius 3 is 2.56 bits per heavy atom. The minimum atomic E-state index is -0.622. The number of nitrogens with zero attached hydrogens (tertiary/aromatic N) is 3. The van der Waals surface area contributed by atoms with Crippen molar-refractivity contribution >= 4 is 22.7 Å². The molecular weight excluding hydrogens is 344 g/mol. The Labute approximate surface area is 158 Å². The van der Waals surface area contributed by atoms with Crippen LogP contribution >= 0.6 is 0 Å². The SMILES string of the molecule is CCN(CC)C(=O)[C@@H]1C[C@@H](N)CN1C(=O)c1cc2ccccc2n(C)c1=O. The monoisotopic (exact) mass is 370 g/mol. The second-order valence-electron chi connectivity index (χ2n) is 6.96. The molecular formula is C20H26N4O3. The number of nitrogens with two attached hydrogens (primary N) is 1. The maximum atomic E-state index is 13.2. The molecule has 27 heavy (non-hydrogen) atoms. The van der Waals surface area contributed by atoms with E-state index < -0.39 is 11.9 Å². The fraction of sp³-hybridized carbons (Fsp3) is 0.450. The molecule has 1 aliphatic heterocycles. The van der Waals surface area contributed by atoms with Crippen molar-refractivity contribution in [3.8, 4) is 0 Å². The number of pyridine rings is 1. The normalized spacial score (nSPS) is 19.5. The fourth-order valence-electron chi connectivity index (χ4n) is 3.80. The molecule has 2 heterocycles. The van der Waals surface area contributed by atoms with Gasteiger partial charge in [0, 0.05) is 32.7 Å². The Morgan fingerprint density at radius 1 is 1.22 bits per heavy atom. The van der Waals surface area contributed by atoms with E-state index in [9.17, 15) is 14.4 Å². The molecule has 0 radical (unpaired) electrons. The number of hydrogen-bond donors (Lipinski definition) is 1. The molecule has 2 amide bonds. The zero-order valence-corrected chi connectivity index (χ0v) is 16.0. The molecule has 0 unspecified atom stereocenters. The van der Waals surface area contributed by atoms with Gasteiger partial charge in [-0.2, -0.15) is 0 Å². The molecule has 0 saturated carbocycles. The molecule has 1 aromatic heterocycles. The number of amides is 2. The summed E-state index contributed by atoms with van der Waals surface area (Å²) in [4.78, 5) is 42.0. The van der Waals surface area contributed by atoms with E-state index in [4.69, 9.17) is 5.73 Å². The van der Waals surface area contributed by atoms with Crippen LogP contribution in [0.3, 0.4) is 0 Å². The highest BCUT2D eigenvalue weighted by Crippen LogP contribution is 2.22. The van der Waals surface area contributed by atoms with Gasteiger partial charge in [0.05, 0.1) is 5.52 Å². The third-order valence-electron chi connectivity index (χ3n) is 5.32. The summed E-state index contributed by atoms with van der Waals surface area (Å²) in [5, 5.41) is 0.804. The van der Waals surface area contributed by atoms with Gasteiger partial charge in [-0.25, -0.2) is 0 Å². The number of aromatic nitrogens is 1. The first-order valence-electron chi connectivity index (χ1n) is 9.33. The van der Waals surface area contributed by atoms with E-state index in [2.05, 4.69) is 0 Å². The summed E-state index contributed by atoms with van der Waals surface area (Å²) >= 11 is 0. The molecule has 1 saturated heterocycles. The molecule has 144 valence electrons. The van der Waals surface area contributed by atoms with Crippen molar-refractivity contribution in [3.05, 3.63) is 46.2 Å². The summed E-state index contributed by atoms with van der Waals surface area (Å²) in [5.41, 5.74) is 6.52. The molecule has 3 rings (SSSR count). The number of likely N-dealkylation sites (N-methyl/N-ethyl adjacent to an activating group) is 1. The maximum Gasteiger partial charge on any atom is 0.263 e. The number of carbonyl (C=O) groups is 2. The lowest BCUT2D eigenvalue weighted by Crippen LogP contribution is -2.48. The van der Waals surface area contributed by atoms with E-state index in [0.717, 1.165) is 10.9 Å². The molecule has 2 aromatic rings. The molecule has 7 nitrogen and oxygen atoms in total. The van der Waals surface area contributed by atoms with Gasteiger partial charge in [0.2, 0.25) is 5.91 Å². The fourth-order valence-corrected chi connectivity index (χ4v) is 3.80. The number of rotatable bonds is 4. The number of likely N-dealkylation sites (tertiary alicyclic amines) is 1. The number of hydrogen-bond acceptors (Lipinski definition) is 4. The Morgan fingerprint density at radius 2 is 1.89 bits per heavy atom. The van der Waals surface area contributed by atoms with Gasteiger partial charge in [-0.1, -0.05) is 18.2 Å². The first-order valence-corrected chi connectivity index (χ1v) is 9.33. The van der Waals surface area contributed by atoms with Crippen LogP contribution in [0.15, 0.2) is 35.1 Å².